The standard InChI is InChI=1S/C26H35ClF3N3O5S/c1-5-12-33-23(19-7-6-17(14-20(19)38-3)13-16(2)26(28,29)30)21(27)22(32-33)24(34)31-15-25(35)10-8-18(9-11-25)39(4,36)37/h6-7,14,16,18,35H,5,8-13,15H2,1-4H3,(H,31,34)/t16-,18?,25?/m1/s1. The molecule has 0 bridgehead atoms. The van der Waals surface area contributed by atoms with Gasteiger partial charge in [0.1, 0.15) is 15.6 Å². The fourth-order valence-electron chi connectivity index (χ4n) is 4.81. The number of aromatic nitrogens is 2. The largest absolute Gasteiger partial charge is 0.496 e. The summed E-state index contributed by atoms with van der Waals surface area (Å²) >= 11 is 6.66. The van der Waals surface area contributed by atoms with Crippen LogP contribution in [0.2, 0.25) is 5.02 Å². The van der Waals surface area contributed by atoms with E-state index in [-0.39, 0.29) is 36.5 Å². The first-order valence-corrected chi connectivity index (χ1v) is 15.1. The quantitative estimate of drug-likeness (QED) is 0.409. The predicted octanol–water partition coefficient (Wildman–Crippen LogP) is 4.81. The smallest absolute Gasteiger partial charge is 0.391 e. The molecule has 218 valence electrons. The monoisotopic (exact) mass is 593 g/mol. The number of nitrogens with zero attached hydrogens (tertiary/aromatic N) is 2. The number of aliphatic hydroxyl groups is 1. The summed E-state index contributed by atoms with van der Waals surface area (Å²) < 4.78 is 69.8. The zero-order valence-corrected chi connectivity index (χ0v) is 24.0. The van der Waals surface area contributed by atoms with Crippen LogP contribution in [-0.4, -0.2) is 66.1 Å². The molecule has 1 saturated carbocycles. The molecule has 39 heavy (non-hydrogen) atoms. The molecule has 2 N–H and O–H groups in total. The lowest BCUT2D eigenvalue weighted by Crippen LogP contribution is -2.47. The van der Waals surface area contributed by atoms with E-state index in [9.17, 15) is 31.5 Å². The summed E-state index contributed by atoms with van der Waals surface area (Å²) in [4.78, 5) is 13.1. The number of rotatable bonds is 10. The van der Waals surface area contributed by atoms with Crippen LogP contribution in [-0.2, 0) is 22.8 Å². The van der Waals surface area contributed by atoms with Crippen LogP contribution in [0, 0.1) is 5.92 Å². The van der Waals surface area contributed by atoms with Crippen LogP contribution in [0.5, 0.6) is 5.75 Å². The number of carbonyl (C=O) groups excluding carboxylic acids is 1. The number of nitrogens with one attached hydrogen (secondary N) is 1. The summed E-state index contributed by atoms with van der Waals surface area (Å²) in [5, 5.41) is 17.5. The maximum absolute atomic E-state index is 13.1. The van der Waals surface area contributed by atoms with Gasteiger partial charge in [0.2, 0.25) is 0 Å². The Hall–Kier alpha value is -2.31. The molecule has 0 saturated heterocycles. The maximum atomic E-state index is 13.1. The molecule has 1 heterocycles. The summed E-state index contributed by atoms with van der Waals surface area (Å²) in [6.45, 7) is 3.35. The zero-order chi connectivity index (χ0) is 29.2. The van der Waals surface area contributed by atoms with E-state index in [0.717, 1.165) is 6.92 Å². The van der Waals surface area contributed by atoms with Gasteiger partial charge in [-0.3, -0.25) is 9.48 Å². The van der Waals surface area contributed by atoms with Crippen LogP contribution < -0.4 is 10.1 Å². The Labute approximate surface area is 231 Å². The molecule has 0 aliphatic heterocycles. The van der Waals surface area contributed by atoms with Gasteiger partial charge in [0.05, 0.1) is 34.6 Å². The van der Waals surface area contributed by atoms with Crippen molar-refractivity contribution in [3.8, 4) is 17.0 Å². The van der Waals surface area contributed by atoms with Crippen molar-refractivity contribution in [1.29, 1.82) is 0 Å². The lowest BCUT2D eigenvalue weighted by molar-refractivity contribution is -0.169. The van der Waals surface area contributed by atoms with Crippen molar-refractivity contribution in [3.63, 3.8) is 0 Å². The predicted molar refractivity (Wildman–Crippen MR) is 143 cm³/mol. The maximum Gasteiger partial charge on any atom is 0.391 e. The van der Waals surface area contributed by atoms with E-state index in [4.69, 9.17) is 16.3 Å². The summed E-state index contributed by atoms with van der Waals surface area (Å²) in [6.07, 6.45) is -1.63. The molecule has 0 radical (unpaired) electrons. The number of halogens is 4. The minimum Gasteiger partial charge on any atom is -0.496 e. The molecular formula is C26H35ClF3N3O5S. The summed E-state index contributed by atoms with van der Waals surface area (Å²) in [6, 6.07) is 4.71. The highest BCUT2D eigenvalue weighted by atomic mass is 35.5. The number of benzene rings is 1. The van der Waals surface area contributed by atoms with E-state index in [0.29, 0.717) is 48.4 Å². The molecule has 3 rings (SSSR count). The first-order chi connectivity index (χ1) is 18.1. The molecule has 1 fully saturated rings. The van der Waals surface area contributed by atoms with E-state index in [1.54, 1.807) is 16.8 Å². The molecule has 1 aliphatic rings. The molecule has 0 unspecified atom stereocenters. The summed E-state index contributed by atoms with van der Waals surface area (Å²) in [7, 11) is -1.80. The highest BCUT2D eigenvalue weighted by Gasteiger charge is 2.38. The zero-order valence-electron chi connectivity index (χ0n) is 22.4. The van der Waals surface area contributed by atoms with Crippen molar-refractivity contribution < 1.29 is 36.2 Å². The Morgan fingerprint density at radius 1 is 1.33 bits per heavy atom. The third-order valence-electron chi connectivity index (χ3n) is 7.21. The van der Waals surface area contributed by atoms with E-state index in [1.165, 1.54) is 19.4 Å². The van der Waals surface area contributed by atoms with Gasteiger partial charge in [-0.15, -0.1) is 0 Å². The Bertz CT molecular complexity index is 1290. The number of alkyl halides is 3. The van der Waals surface area contributed by atoms with Gasteiger partial charge in [0, 0.05) is 24.9 Å². The minimum absolute atomic E-state index is 0.0448. The van der Waals surface area contributed by atoms with Crippen LogP contribution in [0.4, 0.5) is 13.2 Å². The van der Waals surface area contributed by atoms with Gasteiger partial charge in [-0.05, 0) is 56.2 Å². The molecule has 1 aromatic carbocycles. The molecule has 1 aliphatic carbocycles. The third kappa shape index (κ3) is 7.46. The molecule has 1 aromatic heterocycles. The SMILES string of the molecule is CCCn1nc(C(=O)NCC2(O)CCC(S(C)(=O)=O)CC2)c(Cl)c1-c1ccc(C[C@@H](C)C(F)(F)F)cc1OC. The van der Waals surface area contributed by atoms with Crippen molar-refractivity contribution in [2.75, 3.05) is 19.9 Å². The molecule has 1 atom stereocenters. The lowest BCUT2D eigenvalue weighted by atomic mass is 9.84. The number of aryl methyl sites for hydroxylation is 1. The van der Waals surface area contributed by atoms with Crippen molar-refractivity contribution in [2.45, 2.75) is 75.9 Å². The topological polar surface area (TPSA) is 111 Å². The first-order valence-electron chi connectivity index (χ1n) is 12.8. The average Bonchev–Trinajstić information content (AvgIpc) is 3.17. The van der Waals surface area contributed by atoms with Crippen molar-refractivity contribution in [2.24, 2.45) is 5.92 Å². The third-order valence-corrected chi connectivity index (χ3v) is 9.25. The summed E-state index contributed by atoms with van der Waals surface area (Å²) in [5.74, 6) is -1.84. The van der Waals surface area contributed by atoms with Crippen LogP contribution in [0.25, 0.3) is 11.3 Å². The first kappa shape index (κ1) is 31.2. The highest BCUT2D eigenvalue weighted by Crippen LogP contribution is 2.39. The van der Waals surface area contributed by atoms with Crippen molar-refractivity contribution in [3.05, 3.63) is 34.5 Å². The molecule has 0 spiro atoms. The normalized spacial score (nSPS) is 21.0. The Kier molecular flexibility index (Phi) is 9.65. The fraction of sp³-hybridized carbons (Fsp3) is 0.615. The second-order valence-corrected chi connectivity index (χ2v) is 13.1. The number of amides is 1. The lowest BCUT2D eigenvalue weighted by Gasteiger charge is -2.35. The van der Waals surface area contributed by atoms with Gasteiger partial charge in [-0.25, -0.2) is 8.42 Å². The Balaban J connectivity index is 1.84. The average molecular weight is 594 g/mol. The number of sulfone groups is 1. The van der Waals surface area contributed by atoms with Gasteiger partial charge in [-0.1, -0.05) is 31.5 Å². The molecule has 13 heteroatoms. The van der Waals surface area contributed by atoms with Crippen LogP contribution in [0.1, 0.15) is 62.0 Å². The van der Waals surface area contributed by atoms with Gasteiger partial charge in [-0.2, -0.15) is 18.3 Å². The van der Waals surface area contributed by atoms with Crippen LogP contribution in [0.3, 0.4) is 0 Å². The molecular weight excluding hydrogens is 559 g/mol. The number of carbonyl (C=O) groups is 1. The molecule has 8 nitrogen and oxygen atoms in total. The molecule has 2 aromatic rings. The highest BCUT2D eigenvalue weighted by molar-refractivity contribution is 7.91. The van der Waals surface area contributed by atoms with Gasteiger partial charge in [0.15, 0.2) is 5.69 Å². The van der Waals surface area contributed by atoms with Crippen LogP contribution in [0.15, 0.2) is 18.2 Å². The van der Waals surface area contributed by atoms with E-state index in [1.807, 2.05) is 6.92 Å². The van der Waals surface area contributed by atoms with E-state index >= 15 is 0 Å². The second-order valence-electron chi connectivity index (χ2n) is 10.4. The second kappa shape index (κ2) is 12.1. The fourth-order valence-corrected chi connectivity index (χ4v) is 6.22. The van der Waals surface area contributed by atoms with Crippen molar-refractivity contribution >= 4 is 27.3 Å². The number of ether oxygens (including phenoxy) is 1. The number of hydrogen-bond donors (Lipinski definition) is 2. The van der Waals surface area contributed by atoms with Crippen molar-refractivity contribution in [1.82, 2.24) is 15.1 Å². The van der Waals surface area contributed by atoms with Gasteiger partial charge >= 0.3 is 6.18 Å². The Morgan fingerprint density at radius 3 is 2.51 bits per heavy atom. The van der Waals surface area contributed by atoms with E-state index < -0.39 is 38.7 Å². The van der Waals surface area contributed by atoms with Gasteiger partial charge in [0.25, 0.3) is 5.91 Å². The molecule has 1 amide bonds. The number of methoxy groups -OCH3 is 1. The minimum atomic E-state index is -4.32. The number of hydrogen-bond acceptors (Lipinski definition) is 6. The van der Waals surface area contributed by atoms with Crippen LogP contribution >= 0.6 is 11.6 Å². The van der Waals surface area contributed by atoms with E-state index in [2.05, 4.69) is 10.4 Å². The summed E-state index contributed by atoms with van der Waals surface area (Å²) in [5.41, 5.74) is -0.00250. The Morgan fingerprint density at radius 2 is 1.97 bits per heavy atom. The van der Waals surface area contributed by atoms with Gasteiger partial charge < -0.3 is 15.2 Å².